The quantitative estimate of drug-likeness (QED) is 0.892. The molecule has 0 bridgehead atoms. The standard InChI is InChI=1S/C14H18O4S/c15-14(6-8-19(16,17)10-14)9-11-5-7-18-13-4-2-1-3-12(11)13/h1-4,11,15H,5-10H2. The molecule has 19 heavy (non-hydrogen) atoms. The molecule has 104 valence electrons. The van der Waals surface area contributed by atoms with Gasteiger partial charge in [0.2, 0.25) is 0 Å². The lowest BCUT2D eigenvalue weighted by Gasteiger charge is -2.31. The second-order valence-electron chi connectivity index (χ2n) is 5.64. The van der Waals surface area contributed by atoms with Crippen molar-refractivity contribution in [2.75, 3.05) is 18.1 Å². The van der Waals surface area contributed by atoms with Crippen LogP contribution in [0.15, 0.2) is 24.3 Å². The minimum Gasteiger partial charge on any atom is -0.493 e. The van der Waals surface area contributed by atoms with Crippen LogP contribution in [0.4, 0.5) is 0 Å². The van der Waals surface area contributed by atoms with Gasteiger partial charge in [0.1, 0.15) is 5.75 Å². The van der Waals surface area contributed by atoms with Crippen molar-refractivity contribution in [2.45, 2.75) is 30.8 Å². The third-order valence-corrected chi connectivity index (χ3v) is 5.88. The molecule has 2 aliphatic rings. The molecule has 2 aliphatic heterocycles. The van der Waals surface area contributed by atoms with E-state index in [4.69, 9.17) is 4.74 Å². The molecule has 0 aromatic heterocycles. The number of aliphatic hydroxyl groups is 1. The summed E-state index contributed by atoms with van der Waals surface area (Å²) in [5.41, 5.74) is 0.0278. The first kappa shape index (κ1) is 12.9. The average Bonchev–Trinajstić information content (AvgIpc) is 2.64. The van der Waals surface area contributed by atoms with E-state index in [1.165, 1.54) is 0 Å². The van der Waals surface area contributed by atoms with Crippen molar-refractivity contribution in [3.63, 3.8) is 0 Å². The van der Waals surface area contributed by atoms with E-state index in [1.807, 2.05) is 24.3 Å². The normalized spacial score (nSPS) is 32.6. The maximum atomic E-state index is 11.5. The first-order valence-corrected chi connectivity index (χ1v) is 8.44. The number of para-hydroxylation sites is 1. The van der Waals surface area contributed by atoms with Gasteiger partial charge in [-0.05, 0) is 36.8 Å². The molecule has 1 N–H and O–H groups in total. The van der Waals surface area contributed by atoms with Crippen LogP contribution in [0.3, 0.4) is 0 Å². The number of sulfone groups is 1. The van der Waals surface area contributed by atoms with Crippen LogP contribution in [0.2, 0.25) is 0 Å². The van der Waals surface area contributed by atoms with Crippen LogP contribution in [0.25, 0.3) is 0 Å². The van der Waals surface area contributed by atoms with E-state index in [1.54, 1.807) is 0 Å². The largest absolute Gasteiger partial charge is 0.493 e. The second kappa shape index (κ2) is 4.49. The summed E-state index contributed by atoms with van der Waals surface area (Å²) >= 11 is 0. The summed E-state index contributed by atoms with van der Waals surface area (Å²) in [5, 5.41) is 10.5. The van der Waals surface area contributed by atoms with Gasteiger partial charge in [-0.15, -0.1) is 0 Å². The van der Waals surface area contributed by atoms with E-state index in [0.717, 1.165) is 17.7 Å². The number of hydrogen-bond donors (Lipinski definition) is 1. The predicted molar refractivity (Wildman–Crippen MR) is 72.1 cm³/mol. The van der Waals surface area contributed by atoms with E-state index in [2.05, 4.69) is 0 Å². The van der Waals surface area contributed by atoms with E-state index in [9.17, 15) is 13.5 Å². The Kier molecular flexibility index (Phi) is 3.06. The van der Waals surface area contributed by atoms with Gasteiger partial charge in [0.05, 0.1) is 23.7 Å². The molecule has 2 heterocycles. The fraction of sp³-hybridized carbons (Fsp3) is 0.571. The summed E-state index contributed by atoms with van der Waals surface area (Å²) in [6.45, 7) is 0.629. The van der Waals surface area contributed by atoms with Gasteiger partial charge in [-0.3, -0.25) is 0 Å². The Morgan fingerprint density at radius 2 is 2.16 bits per heavy atom. The highest BCUT2D eigenvalue weighted by Gasteiger charge is 2.42. The van der Waals surface area contributed by atoms with Gasteiger partial charge in [0.25, 0.3) is 0 Å². The zero-order valence-corrected chi connectivity index (χ0v) is 11.5. The third-order valence-electron chi connectivity index (χ3n) is 4.08. The van der Waals surface area contributed by atoms with Gasteiger partial charge >= 0.3 is 0 Å². The summed E-state index contributed by atoms with van der Waals surface area (Å²) in [6, 6.07) is 7.81. The summed E-state index contributed by atoms with van der Waals surface area (Å²) < 4.78 is 28.7. The van der Waals surface area contributed by atoms with Crippen molar-refractivity contribution in [3.05, 3.63) is 29.8 Å². The van der Waals surface area contributed by atoms with Crippen molar-refractivity contribution in [3.8, 4) is 5.75 Å². The predicted octanol–water partition coefficient (Wildman–Crippen LogP) is 1.49. The number of fused-ring (bicyclic) bond motifs is 1. The van der Waals surface area contributed by atoms with Gasteiger partial charge < -0.3 is 9.84 Å². The van der Waals surface area contributed by atoms with Crippen LogP contribution in [0.5, 0.6) is 5.75 Å². The molecule has 1 aromatic carbocycles. The highest BCUT2D eigenvalue weighted by atomic mass is 32.2. The van der Waals surface area contributed by atoms with Crippen molar-refractivity contribution >= 4 is 9.84 Å². The summed E-state index contributed by atoms with van der Waals surface area (Å²) in [7, 11) is -3.06. The summed E-state index contributed by atoms with van der Waals surface area (Å²) in [6.07, 6.45) is 1.70. The van der Waals surface area contributed by atoms with Crippen molar-refractivity contribution < 1.29 is 18.3 Å². The first-order chi connectivity index (χ1) is 8.98. The third kappa shape index (κ3) is 2.62. The van der Waals surface area contributed by atoms with Crippen LogP contribution >= 0.6 is 0 Å². The van der Waals surface area contributed by atoms with Gasteiger partial charge in [0.15, 0.2) is 9.84 Å². The Labute approximate surface area is 113 Å². The number of ether oxygens (including phenoxy) is 1. The molecule has 5 heteroatoms. The van der Waals surface area contributed by atoms with E-state index < -0.39 is 15.4 Å². The molecule has 0 spiro atoms. The van der Waals surface area contributed by atoms with Crippen LogP contribution in [0.1, 0.15) is 30.7 Å². The second-order valence-corrected chi connectivity index (χ2v) is 7.83. The molecule has 1 fully saturated rings. The topological polar surface area (TPSA) is 63.6 Å². The summed E-state index contributed by atoms with van der Waals surface area (Å²) in [4.78, 5) is 0. The van der Waals surface area contributed by atoms with E-state index >= 15 is 0 Å². The lowest BCUT2D eigenvalue weighted by molar-refractivity contribution is 0.0459. The molecule has 0 amide bonds. The van der Waals surface area contributed by atoms with Gasteiger partial charge in [0, 0.05) is 0 Å². The molecule has 4 nitrogen and oxygen atoms in total. The Morgan fingerprint density at radius 3 is 2.89 bits per heavy atom. The number of benzene rings is 1. The fourth-order valence-electron chi connectivity index (χ4n) is 3.15. The Hall–Kier alpha value is -1.07. The highest BCUT2D eigenvalue weighted by Crippen LogP contribution is 2.41. The lowest BCUT2D eigenvalue weighted by Crippen LogP contribution is -2.33. The van der Waals surface area contributed by atoms with Crippen LogP contribution < -0.4 is 4.74 Å². The maximum absolute atomic E-state index is 11.5. The molecule has 2 unspecified atom stereocenters. The molecular formula is C14H18O4S. The number of hydrogen-bond acceptors (Lipinski definition) is 4. The monoisotopic (exact) mass is 282 g/mol. The molecule has 0 saturated carbocycles. The van der Waals surface area contributed by atoms with E-state index in [0.29, 0.717) is 19.4 Å². The average molecular weight is 282 g/mol. The Balaban J connectivity index is 1.82. The number of rotatable bonds is 2. The summed E-state index contributed by atoms with van der Waals surface area (Å²) in [5.74, 6) is 1.06. The Morgan fingerprint density at radius 1 is 1.37 bits per heavy atom. The fourth-order valence-corrected chi connectivity index (χ4v) is 5.06. The minimum atomic E-state index is -3.06. The van der Waals surface area contributed by atoms with Gasteiger partial charge in [-0.25, -0.2) is 8.42 Å². The van der Waals surface area contributed by atoms with E-state index in [-0.39, 0.29) is 17.4 Å². The van der Waals surface area contributed by atoms with Crippen molar-refractivity contribution in [1.29, 1.82) is 0 Å². The zero-order valence-electron chi connectivity index (χ0n) is 10.7. The van der Waals surface area contributed by atoms with Crippen LogP contribution in [-0.4, -0.2) is 37.2 Å². The molecule has 2 atom stereocenters. The molecule has 0 aliphatic carbocycles. The smallest absolute Gasteiger partial charge is 0.153 e. The lowest BCUT2D eigenvalue weighted by atomic mass is 9.82. The van der Waals surface area contributed by atoms with Gasteiger partial charge in [-0.2, -0.15) is 0 Å². The maximum Gasteiger partial charge on any atom is 0.153 e. The molecule has 3 rings (SSSR count). The van der Waals surface area contributed by atoms with Crippen molar-refractivity contribution in [2.24, 2.45) is 0 Å². The SMILES string of the molecule is O=S1(=O)CCC(O)(CC2CCOc3ccccc32)C1. The van der Waals surface area contributed by atoms with Crippen LogP contribution in [-0.2, 0) is 9.84 Å². The van der Waals surface area contributed by atoms with Crippen molar-refractivity contribution in [1.82, 2.24) is 0 Å². The molecule has 0 radical (unpaired) electrons. The minimum absolute atomic E-state index is 0.0977. The molecule has 1 saturated heterocycles. The molecule has 1 aromatic rings. The van der Waals surface area contributed by atoms with Gasteiger partial charge in [-0.1, -0.05) is 18.2 Å². The van der Waals surface area contributed by atoms with Crippen LogP contribution in [0, 0.1) is 0 Å². The first-order valence-electron chi connectivity index (χ1n) is 6.62. The zero-order chi connectivity index (χ0) is 13.5. The molecular weight excluding hydrogens is 264 g/mol. The highest BCUT2D eigenvalue weighted by molar-refractivity contribution is 7.91. The Bertz CT molecular complexity index is 581.